The Balaban J connectivity index is 1.96. The van der Waals surface area contributed by atoms with Crippen LogP contribution in [0.2, 0.25) is 0 Å². The predicted molar refractivity (Wildman–Crippen MR) is 84.0 cm³/mol. The first-order valence-electron chi connectivity index (χ1n) is 7.14. The van der Waals surface area contributed by atoms with Crippen molar-refractivity contribution in [2.45, 2.75) is 25.9 Å². The molecule has 0 fully saturated rings. The standard InChI is InChI=1S/C15H16N4O5/c1-8(13(21)19-15(16)23)24-12(20)7-6-11-17-10-5-3-2-4-9(10)14(22)18-11/h2-5,8H,6-7H2,1H3,(H,17,18,22)(H3,16,19,21,23)/t8-/m1/s1. The Bertz CT molecular complexity index is 845. The third kappa shape index (κ3) is 4.38. The molecule has 0 saturated carbocycles. The number of carbonyl (C=O) groups is 3. The summed E-state index contributed by atoms with van der Waals surface area (Å²) in [5, 5.41) is 2.27. The van der Waals surface area contributed by atoms with E-state index < -0.39 is 24.0 Å². The number of amides is 3. The second kappa shape index (κ2) is 7.36. The van der Waals surface area contributed by atoms with E-state index in [1.54, 1.807) is 24.3 Å². The normalized spacial score (nSPS) is 11.7. The molecule has 3 amide bonds. The van der Waals surface area contributed by atoms with Crippen molar-refractivity contribution in [1.29, 1.82) is 0 Å². The molecule has 0 spiro atoms. The van der Waals surface area contributed by atoms with Crippen LogP contribution in [0.3, 0.4) is 0 Å². The molecule has 24 heavy (non-hydrogen) atoms. The van der Waals surface area contributed by atoms with Gasteiger partial charge in [-0.1, -0.05) is 12.1 Å². The highest BCUT2D eigenvalue weighted by Crippen LogP contribution is 2.07. The number of benzene rings is 1. The molecule has 0 aliphatic heterocycles. The first kappa shape index (κ1) is 17.1. The van der Waals surface area contributed by atoms with Gasteiger partial charge >= 0.3 is 12.0 Å². The Morgan fingerprint density at radius 3 is 2.75 bits per heavy atom. The lowest BCUT2D eigenvalue weighted by molar-refractivity contribution is -0.154. The van der Waals surface area contributed by atoms with Gasteiger partial charge in [-0.2, -0.15) is 0 Å². The van der Waals surface area contributed by atoms with Gasteiger partial charge in [0.15, 0.2) is 6.10 Å². The first-order valence-corrected chi connectivity index (χ1v) is 7.14. The lowest BCUT2D eigenvalue weighted by atomic mass is 10.2. The molecule has 9 heteroatoms. The van der Waals surface area contributed by atoms with Crippen LogP contribution in [-0.4, -0.2) is 34.0 Å². The highest BCUT2D eigenvalue weighted by atomic mass is 16.5. The number of nitrogens with one attached hydrogen (secondary N) is 2. The fourth-order valence-corrected chi connectivity index (χ4v) is 2.01. The molecule has 0 radical (unpaired) electrons. The van der Waals surface area contributed by atoms with E-state index in [4.69, 9.17) is 10.5 Å². The Labute approximate surface area is 136 Å². The van der Waals surface area contributed by atoms with E-state index in [-0.39, 0.29) is 18.4 Å². The van der Waals surface area contributed by atoms with Crippen LogP contribution in [0.15, 0.2) is 29.1 Å². The van der Waals surface area contributed by atoms with Crippen LogP contribution in [0.25, 0.3) is 10.9 Å². The number of hydrogen-bond acceptors (Lipinski definition) is 6. The average Bonchev–Trinajstić information content (AvgIpc) is 2.52. The summed E-state index contributed by atoms with van der Waals surface area (Å²) in [5.74, 6) is -1.14. The van der Waals surface area contributed by atoms with E-state index in [1.807, 2.05) is 5.32 Å². The Hall–Kier alpha value is -3.23. The summed E-state index contributed by atoms with van der Waals surface area (Å²) in [7, 11) is 0. The fraction of sp³-hybridized carbons (Fsp3) is 0.267. The lowest BCUT2D eigenvalue weighted by Gasteiger charge is -2.11. The van der Waals surface area contributed by atoms with Crippen molar-refractivity contribution >= 4 is 28.8 Å². The molecule has 0 saturated heterocycles. The topological polar surface area (TPSA) is 144 Å². The van der Waals surface area contributed by atoms with E-state index in [9.17, 15) is 19.2 Å². The zero-order valence-corrected chi connectivity index (χ0v) is 12.9. The second-order valence-corrected chi connectivity index (χ2v) is 5.02. The lowest BCUT2D eigenvalue weighted by Crippen LogP contribution is -2.42. The number of hydrogen-bond donors (Lipinski definition) is 3. The molecule has 0 aliphatic rings. The summed E-state index contributed by atoms with van der Waals surface area (Å²) < 4.78 is 4.87. The molecule has 1 heterocycles. The number of nitrogens with two attached hydrogens (primary N) is 1. The predicted octanol–water partition coefficient (Wildman–Crippen LogP) is -0.0177. The summed E-state index contributed by atoms with van der Waals surface area (Å²) in [4.78, 5) is 52.4. The molecule has 4 N–H and O–H groups in total. The number of aryl methyl sites for hydroxylation is 1. The number of nitrogens with zero attached hydrogens (tertiary/aromatic N) is 1. The van der Waals surface area contributed by atoms with Gasteiger partial charge in [-0.25, -0.2) is 9.78 Å². The molecule has 0 unspecified atom stereocenters. The zero-order chi connectivity index (χ0) is 17.7. The van der Waals surface area contributed by atoms with Crippen molar-refractivity contribution in [3.05, 3.63) is 40.4 Å². The number of carbonyl (C=O) groups excluding carboxylic acids is 3. The number of aromatic nitrogens is 2. The fourth-order valence-electron chi connectivity index (χ4n) is 2.01. The van der Waals surface area contributed by atoms with E-state index in [0.717, 1.165) is 0 Å². The van der Waals surface area contributed by atoms with Crippen molar-refractivity contribution in [2.75, 3.05) is 0 Å². The van der Waals surface area contributed by atoms with Crippen molar-refractivity contribution in [1.82, 2.24) is 15.3 Å². The Kier molecular flexibility index (Phi) is 5.25. The number of ether oxygens (including phenoxy) is 1. The van der Waals surface area contributed by atoms with E-state index in [2.05, 4.69) is 9.97 Å². The summed E-state index contributed by atoms with van der Waals surface area (Å²) in [6.45, 7) is 1.31. The van der Waals surface area contributed by atoms with Gasteiger partial charge in [-0.05, 0) is 19.1 Å². The second-order valence-electron chi connectivity index (χ2n) is 5.02. The number of H-pyrrole nitrogens is 1. The highest BCUT2D eigenvalue weighted by molar-refractivity contribution is 5.96. The van der Waals surface area contributed by atoms with Crippen LogP contribution in [-0.2, 0) is 20.7 Å². The Morgan fingerprint density at radius 1 is 1.33 bits per heavy atom. The summed E-state index contributed by atoms with van der Waals surface area (Å²) in [6.07, 6.45) is -1.10. The maximum atomic E-state index is 11.9. The van der Waals surface area contributed by atoms with Gasteiger partial charge in [-0.15, -0.1) is 0 Å². The molecular formula is C15H16N4O5. The Morgan fingerprint density at radius 2 is 2.04 bits per heavy atom. The van der Waals surface area contributed by atoms with Gasteiger partial charge in [-0.3, -0.25) is 19.7 Å². The van der Waals surface area contributed by atoms with Crippen LogP contribution >= 0.6 is 0 Å². The van der Waals surface area contributed by atoms with Crippen LogP contribution in [0, 0.1) is 0 Å². The molecule has 0 aliphatic carbocycles. The van der Waals surface area contributed by atoms with Crippen molar-refractivity contribution in [3.63, 3.8) is 0 Å². The number of urea groups is 1. The van der Waals surface area contributed by atoms with E-state index in [0.29, 0.717) is 16.7 Å². The van der Waals surface area contributed by atoms with Gasteiger partial charge in [0.2, 0.25) is 0 Å². The molecule has 1 aromatic heterocycles. The van der Waals surface area contributed by atoms with Crippen molar-refractivity contribution in [3.8, 4) is 0 Å². The first-order chi connectivity index (χ1) is 11.4. The number of aromatic amines is 1. The van der Waals surface area contributed by atoms with Gasteiger partial charge in [0, 0.05) is 6.42 Å². The maximum absolute atomic E-state index is 11.9. The molecule has 2 rings (SSSR count). The van der Waals surface area contributed by atoms with Gasteiger partial charge in [0.25, 0.3) is 11.5 Å². The summed E-state index contributed by atoms with van der Waals surface area (Å²) in [5.41, 5.74) is 5.04. The van der Waals surface area contributed by atoms with E-state index in [1.165, 1.54) is 6.92 Å². The number of primary amides is 1. The largest absolute Gasteiger partial charge is 0.453 e. The minimum Gasteiger partial charge on any atom is -0.453 e. The molecule has 2 aromatic rings. The molecule has 1 aromatic carbocycles. The van der Waals surface area contributed by atoms with Crippen LogP contribution in [0.5, 0.6) is 0 Å². The number of rotatable bonds is 5. The molecular weight excluding hydrogens is 316 g/mol. The van der Waals surface area contributed by atoms with Gasteiger partial charge in [0.05, 0.1) is 17.3 Å². The van der Waals surface area contributed by atoms with Crippen molar-refractivity contribution < 1.29 is 19.1 Å². The third-order valence-corrected chi connectivity index (χ3v) is 3.15. The number of imide groups is 1. The highest BCUT2D eigenvalue weighted by Gasteiger charge is 2.19. The van der Waals surface area contributed by atoms with Gasteiger partial charge in [0.1, 0.15) is 5.82 Å². The molecule has 0 bridgehead atoms. The molecule has 9 nitrogen and oxygen atoms in total. The number of para-hydroxylation sites is 1. The minimum atomic E-state index is -1.16. The van der Waals surface area contributed by atoms with Crippen LogP contribution in [0.4, 0.5) is 4.79 Å². The SMILES string of the molecule is C[C@@H](OC(=O)CCc1nc2ccccc2c(=O)[nH]1)C(=O)NC(N)=O. The van der Waals surface area contributed by atoms with Gasteiger partial charge < -0.3 is 15.5 Å². The smallest absolute Gasteiger partial charge is 0.318 e. The number of fused-ring (bicyclic) bond motifs is 1. The minimum absolute atomic E-state index is 0.0878. The zero-order valence-electron chi connectivity index (χ0n) is 12.9. The maximum Gasteiger partial charge on any atom is 0.318 e. The number of esters is 1. The van der Waals surface area contributed by atoms with Crippen molar-refractivity contribution in [2.24, 2.45) is 5.73 Å². The average molecular weight is 332 g/mol. The van der Waals surface area contributed by atoms with Crippen LogP contribution < -0.4 is 16.6 Å². The summed E-state index contributed by atoms with van der Waals surface area (Å²) >= 11 is 0. The quantitative estimate of drug-likeness (QED) is 0.656. The van der Waals surface area contributed by atoms with E-state index >= 15 is 0 Å². The molecule has 126 valence electrons. The molecule has 1 atom stereocenters. The monoisotopic (exact) mass is 332 g/mol. The van der Waals surface area contributed by atoms with Crippen LogP contribution in [0.1, 0.15) is 19.2 Å². The third-order valence-electron chi connectivity index (χ3n) is 3.15. The summed E-state index contributed by atoms with van der Waals surface area (Å²) in [6, 6.07) is 5.81.